The molecular formula is C15H32N2O. The van der Waals surface area contributed by atoms with Gasteiger partial charge in [-0.2, -0.15) is 0 Å². The van der Waals surface area contributed by atoms with Crippen LogP contribution in [0, 0.1) is 11.8 Å². The molecule has 0 aromatic rings. The Morgan fingerprint density at radius 1 is 1.33 bits per heavy atom. The summed E-state index contributed by atoms with van der Waals surface area (Å²) >= 11 is 0. The Labute approximate surface area is 113 Å². The molecule has 1 aliphatic carbocycles. The van der Waals surface area contributed by atoms with E-state index in [-0.39, 0.29) is 0 Å². The van der Waals surface area contributed by atoms with Crippen molar-refractivity contribution in [3.05, 3.63) is 0 Å². The summed E-state index contributed by atoms with van der Waals surface area (Å²) in [6, 6.07) is 1.23. The van der Waals surface area contributed by atoms with E-state index in [1.807, 2.05) is 0 Å². The van der Waals surface area contributed by atoms with E-state index in [0.29, 0.717) is 18.0 Å². The molecular weight excluding hydrogens is 224 g/mol. The summed E-state index contributed by atoms with van der Waals surface area (Å²) in [5.74, 6) is 1.56. The molecule has 0 saturated heterocycles. The first-order chi connectivity index (χ1) is 8.63. The monoisotopic (exact) mass is 256 g/mol. The van der Waals surface area contributed by atoms with Crippen LogP contribution in [-0.4, -0.2) is 43.8 Å². The van der Waals surface area contributed by atoms with Gasteiger partial charge in [-0.3, -0.25) is 4.90 Å². The van der Waals surface area contributed by atoms with Crippen molar-refractivity contribution in [2.45, 2.75) is 58.5 Å². The van der Waals surface area contributed by atoms with Crippen LogP contribution in [0.5, 0.6) is 0 Å². The number of rotatable bonds is 7. The molecule has 1 saturated carbocycles. The quantitative estimate of drug-likeness (QED) is 0.760. The third-order valence-corrected chi connectivity index (χ3v) is 4.59. The molecule has 3 heteroatoms. The Bertz CT molecular complexity index is 221. The van der Waals surface area contributed by atoms with Gasteiger partial charge < -0.3 is 10.5 Å². The number of methoxy groups -OCH3 is 1. The molecule has 0 aromatic heterocycles. The molecule has 2 N–H and O–H groups in total. The second-order valence-electron chi connectivity index (χ2n) is 5.97. The number of nitrogens with zero attached hydrogens (tertiary/aromatic N) is 1. The average molecular weight is 256 g/mol. The van der Waals surface area contributed by atoms with Crippen LogP contribution in [-0.2, 0) is 4.74 Å². The van der Waals surface area contributed by atoms with Gasteiger partial charge in [0.05, 0.1) is 6.61 Å². The minimum absolute atomic E-state index is 0.579. The molecule has 18 heavy (non-hydrogen) atoms. The van der Waals surface area contributed by atoms with Crippen molar-refractivity contribution in [2.24, 2.45) is 17.6 Å². The molecule has 1 fully saturated rings. The van der Waals surface area contributed by atoms with Gasteiger partial charge in [0.15, 0.2) is 0 Å². The average Bonchev–Trinajstić information content (AvgIpc) is 2.38. The predicted octanol–water partition coefficient (Wildman–Crippen LogP) is 2.50. The Morgan fingerprint density at radius 3 is 2.56 bits per heavy atom. The number of hydrogen-bond acceptors (Lipinski definition) is 3. The van der Waals surface area contributed by atoms with Crippen molar-refractivity contribution in [1.29, 1.82) is 0 Å². The first kappa shape index (κ1) is 15.9. The third-order valence-electron chi connectivity index (χ3n) is 4.59. The topological polar surface area (TPSA) is 38.5 Å². The van der Waals surface area contributed by atoms with E-state index in [9.17, 15) is 0 Å². The summed E-state index contributed by atoms with van der Waals surface area (Å²) in [7, 11) is 1.79. The fourth-order valence-electron chi connectivity index (χ4n) is 3.35. The smallest absolute Gasteiger partial charge is 0.0589 e. The molecule has 0 aliphatic heterocycles. The Kier molecular flexibility index (Phi) is 7.20. The predicted molar refractivity (Wildman–Crippen MR) is 77.7 cm³/mol. The first-order valence-corrected chi connectivity index (χ1v) is 7.58. The standard InChI is InChI=1S/C15H32N2O/c1-5-13-6-7-14(11-16)15(10-13)17(12(2)3)8-9-18-4/h12-15H,5-11,16H2,1-4H3. The van der Waals surface area contributed by atoms with Gasteiger partial charge >= 0.3 is 0 Å². The summed E-state index contributed by atoms with van der Waals surface area (Å²) in [5, 5.41) is 0. The van der Waals surface area contributed by atoms with Crippen LogP contribution in [0.3, 0.4) is 0 Å². The second-order valence-corrected chi connectivity index (χ2v) is 5.97. The molecule has 1 aliphatic rings. The van der Waals surface area contributed by atoms with Crippen LogP contribution in [0.1, 0.15) is 46.5 Å². The van der Waals surface area contributed by atoms with Crippen molar-refractivity contribution in [3.8, 4) is 0 Å². The van der Waals surface area contributed by atoms with Crippen LogP contribution in [0.4, 0.5) is 0 Å². The van der Waals surface area contributed by atoms with Gasteiger partial charge in [0.2, 0.25) is 0 Å². The van der Waals surface area contributed by atoms with E-state index in [2.05, 4.69) is 25.7 Å². The van der Waals surface area contributed by atoms with Crippen molar-refractivity contribution < 1.29 is 4.74 Å². The fourth-order valence-corrected chi connectivity index (χ4v) is 3.35. The van der Waals surface area contributed by atoms with Gasteiger partial charge in [-0.05, 0) is 45.1 Å². The minimum Gasteiger partial charge on any atom is -0.383 e. The van der Waals surface area contributed by atoms with Crippen molar-refractivity contribution in [2.75, 3.05) is 26.8 Å². The molecule has 0 amide bonds. The van der Waals surface area contributed by atoms with E-state index in [0.717, 1.165) is 25.6 Å². The van der Waals surface area contributed by atoms with Gasteiger partial charge in [0.25, 0.3) is 0 Å². The molecule has 3 atom stereocenters. The largest absolute Gasteiger partial charge is 0.383 e. The SMILES string of the molecule is CCC1CCC(CN)C(N(CCOC)C(C)C)C1. The molecule has 0 bridgehead atoms. The highest BCUT2D eigenvalue weighted by atomic mass is 16.5. The van der Waals surface area contributed by atoms with Gasteiger partial charge in [-0.25, -0.2) is 0 Å². The number of nitrogens with two attached hydrogens (primary N) is 1. The van der Waals surface area contributed by atoms with Crippen molar-refractivity contribution in [1.82, 2.24) is 4.90 Å². The van der Waals surface area contributed by atoms with Crippen molar-refractivity contribution >= 4 is 0 Å². The Balaban J connectivity index is 2.69. The summed E-state index contributed by atoms with van der Waals surface area (Å²) in [6.45, 7) is 9.59. The van der Waals surface area contributed by atoms with E-state index < -0.39 is 0 Å². The lowest BCUT2D eigenvalue weighted by molar-refractivity contribution is 0.0351. The highest BCUT2D eigenvalue weighted by molar-refractivity contribution is 4.88. The maximum Gasteiger partial charge on any atom is 0.0589 e. The summed E-state index contributed by atoms with van der Waals surface area (Å²) in [6.07, 6.45) is 5.30. The first-order valence-electron chi connectivity index (χ1n) is 7.58. The molecule has 1 rings (SSSR count). The van der Waals surface area contributed by atoms with Crippen molar-refractivity contribution in [3.63, 3.8) is 0 Å². The molecule has 3 nitrogen and oxygen atoms in total. The maximum atomic E-state index is 5.99. The van der Waals surface area contributed by atoms with Gasteiger partial charge in [-0.15, -0.1) is 0 Å². The fraction of sp³-hybridized carbons (Fsp3) is 1.00. The maximum absolute atomic E-state index is 5.99. The molecule has 0 aromatic carbocycles. The summed E-state index contributed by atoms with van der Waals surface area (Å²) in [5.41, 5.74) is 5.99. The molecule has 0 radical (unpaired) electrons. The Hall–Kier alpha value is -0.120. The summed E-state index contributed by atoms with van der Waals surface area (Å²) < 4.78 is 5.26. The summed E-state index contributed by atoms with van der Waals surface area (Å²) in [4.78, 5) is 2.61. The molecule has 3 unspecified atom stereocenters. The van der Waals surface area contributed by atoms with Gasteiger partial charge in [0.1, 0.15) is 0 Å². The highest BCUT2D eigenvalue weighted by Crippen LogP contribution is 2.34. The van der Waals surface area contributed by atoms with Crippen LogP contribution >= 0.6 is 0 Å². The zero-order valence-corrected chi connectivity index (χ0v) is 12.7. The zero-order chi connectivity index (χ0) is 13.5. The third kappa shape index (κ3) is 4.22. The van der Waals surface area contributed by atoms with Gasteiger partial charge in [-0.1, -0.05) is 19.8 Å². The lowest BCUT2D eigenvalue weighted by atomic mass is 9.76. The van der Waals surface area contributed by atoms with Gasteiger partial charge in [0, 0.05) is 25.7 Å². The normalized spacial score (nSPS) is 29.2. The van der Waals surface area contributed by atoms with Crippen LogP contribution in [0.15, 0.2) is 0 Å². The minimum atomic E-state index is 0.579. The Morgan fingerprint density at radius 2 is 2.06 bits per heavy atom. The number of hydrogen-bond donors (Lipinski definition) is 1. The molecule has 108 valence electrons. The van der Waals surface area contributed by atoms with E-state index in [4.69, 9.17) is 10.5 Å². The molecule has 0 spiro atoms. The highest BCUT2D eigenvalue weighted by Gasteiger charge is 2.33. The van der Waals surface area contributed by atoms with E-state index >= 15 is 0 Å². The number of ether oxygens (including phenoxy) is 1. The van der Waals surface area contributed by atoms with Crippen LogP contribution in [0.2, 0.25) is 0 Å². The lowest BCUT2D eigenvalue weighted by Gasteiger charge is -2.44. The lowest BCUT2D eigenvalue weighted by Crippen LogP contribution is -2.50. The van der Waals surface area contributed by atoms with Crippen LogP contribution < -0.4 is 5.73 Å². The second kappa shape index (κ2) is 8.13. The van der Waals surface area contributed by atoms with E-state index in [1.165, 1.54) is 25.7 Å². The molecule has 0 heterocycles. The van der Waals surface area contributed by atoms with E-state index in [1.54, 1.807) is 7.11 Å². The van der Waals surface area contributed by atoms with Crippen LogP contribution in [0.25, 0.3) is 0 Å². The zero-order valence-electron chi connectivity index (χ0n) is 12.7.